The van der Waals surface area contributed by atoms with E-state index in [-0.39, 0.29) is 17.7 Å². The van der Waals surface area contributed by atoms with Crippen LogP contribution in [0.2, 0.25) is 5.02 Å². The fourth-order valence-corrected chi connectivity index (χ4v) is 3.59. The van der Waals surface area contributed by atoms with Gasteiger partial charge in [-0.2, -0.15) is 0 Å². The smallest absolute Gasteiger partial charge is 0.261 e. The minimum Gasteiger partial charge on any atom is -0.436 e. The van der Waals surface area contributed by atoms with Gasteiger partial charge in [0.1, 0.15) is 5.56 Å². The van der Waals surface area contributed by atoms with Gasteiger partial charge in [0.2, 0.25) is 5.55 Å². The number of para-hydroxylation sites is 1. The number of benzene rings is 2. The molecule has 0 unspecified atom stereocenters. The van der Waals surface area contributed by atoms with E-state index in [9.17, 15) is 9.90 Å². The first-order chi connectivity index (χ1) is 15.0. The van der Waals surface area contributed by atoms with Gasteiger partial charge in [0.05, 0.1) is 28.7 Å². The van der Waals surface area contributed by atoms with E-state index in [0.29, 0.717) is 38.6 Å². The number of aromatic nitrogens is 1. The average molecular weight is 546 g/mol. The van der Waals surface area contributed by atoms with Crippen molar-refractivity contribution in [2.24, 2.45) is 4.99 Å². The second kappa shape index (κ2) is 9.17. The van der Waals surface area contributed by atoms with E-state index in [0.717, 1.165) is 3.57 Å². The molecule has 8 heteroatoms. The molecule has 31 heavy (non-hydrogen) atoms. The van der Waals surface area contributed by atoms with Gasteiger partial charge in [0.15, 0.2) is 5.58 Å². The van der Waals surface area contributed by atoms with E-state index in [1.54, 1.807) is 43.5 Å². The van der Waals surface area contributed by atoms with Crippen molar-refractivity contribution in [3.63, 3.8) is 0 Å². The summed E-state index contributed by atoms with van der Waals surface area (Å²) in [5.41, 5.74) is 3.11. The van der Waals surface area contributed by atoms with Crippen molar-refractivity contribution < 1.29 is 14.3 Å². The van der Waals surface area contributed by atoms with Crippen molar-refractivity contribution in [2.75, 3.05) is 5.32 Å². The molecule has 0 radical (unpaired) electrons. The fraction of sp³-hybridized carbons (Fsp3) is 0.0870. The highest BCUT2D eigenvalue weighted by atomic mass is 127. The number of pyridine rings is 1. The van der Waals surface area contributed by atoms with Crippen molar-refractivity contribution >= 4 is 62.4 Å². The van der Waals surface area contributed by atoms with E-state index in [1.165, 1.54) is 0 Å². The molecule has 2 aromatic heterocycles. The van der Waals surface area contributed by atoms with Gasteiger partial charge in [-0.25, -0.2) is 4.99 Å². The molecule has 0 atom stereocenters. The second-order valence-corrected chi connectivity index (χ2v) is 8.41. The maximum absolute atomic E-state index is 13.2. The molecular weight excluding hydrogens is 529 g/mol. The number of aliphatic hydroxyl groups excluding tert-OH is 1. The number of nitrogens with zero attached hydrogens (tertiary/aromatic N) is 2. The van der Waals surface area contributed by atoms with E-state index < -0.39 is 5.91 Å². The van der Waals surface area contributed by atoms with Crippen LogP contribution in [0.4, 0.5) is 11.4 Å². The van der Waals surface area contributed by atoms with Gasteiger partial charge in [0.25, 0.3) is 5.91 Å². The van der Waals surface area contributed by atoms with Crippen LogP contribution in [0.25, 0.3) is 11.0 Å². The zero-order valence-electron chi connectivity index (χ0n) is 16.4. The van der Waals surface area contributed by atoms with Gasteiger partial charge >= 0.3 is 0 Å². The van der Waals surface area contributed by atoms with Gasteiger partial charge in [-0.05, 0) is 72.0 Å². The first-order valence-electron chi connectivity index (χ1n) is 9.35. The number of hydrogen-bond acceptors (Lipinski definition) is 5. The van der Waals surface area contributed by atoms with Gasteiger partial charge in [-0.15, -0.1) is 0 Å². The highest BCUT2D eigenvalue weighted by Crippen LogP contribution is 2.24. The Balaban J connectivity index is 1.93. The number of amides is 1. The van der Waals surface area contributed by atoms with Crippen molar-refractivity contribution in [2.45, 2.75) is 13.5 Å². The Bertz CT molecular complexity index is 1350. The SMILES string of the molecule is Cc1ncc(CO)c2cc(C(=O)Nc3ccccc3Cl)c(=Nc3ccc(I)cc3)oc12. The highest BCUT2D eigenvalue weighted by Gasteiger charge is 2.17. The lowest BCUT2D eigenvalue weighted by Crippen LogP contribution is -2.22. The van der Waals surface area contributed by atoms with Crippen molar-refractivity contribution in [1.29, 1.82) is 0 Å². The Morgan fingerprint density at radius 1 is 1.23 bits per heavy atom. The average Bonchev–Trinajstić information content (AvgIpc) is 2.77. The van der Waals surface area contributed by atoms with Gasteiger partial charge in [-0.3, -0.25) is 9.78 Å². The number of aliphatic hydroxyl groups is 1. The van der Waals surface area contributed by atoms with Crippen LogP contribution in [0.15, 0.2) is 70.2 Å². The minimum absolute atomic E-state index is 0.137. The summed E-state index contributed by atoms with van der Waals surface area (Å²) in [6, 6.07) is 16.1. The summed E-state index contributed by atoms with van der Waals surface area (Å²) in [5, 5.41) is 13.6. The maximum Gasteiger partial charge on any atom is 0.261 e. The second-order valence-electron chi connectivity index (χ2n) is 6.76. The molecule has 0 saturated carbocycles. The number of anilines is 1. The molecule has 156 valence electrons. The molecule has 2 aromatic carbocycles. The predicted octanol–water partition coefficient (Wildman–Crippen LogP) is 5.37. The van der Waals surface area contributed by atoms with Crippen molar-refractivity contribution in [3.8, 4) is 0 Å². The van der Waals surface area contributed by atoms with Crippen LogP contribution in [0.5, 0.6) is 0 Å². The molecule has 2 heterocycles. The molecule has 0 aliphatic carbocycles. The third kappa shape index (κ3) is 4.63. The van der Waals surface area contributed by atoms with Gasteiger partial charge in [0, 0.05) is 20.7 Å². The Morgan fingerprint density at radius 2 is 1.97 bits per heavy atom. The summed E-state index contributed by atoms with van der Waals surface area (Å²) in [5.74, 6) is -0.429. The molecule has 0 saturated heterocycles. The highest BCUT2D eigenvalue weighted by molar-refractivity contribution is 14.1. The third-order valence-corrected chi connectivity index (χ3v) is 5.69. The quantitative estimate of drug-likeness (QED) is 0.338. The summed E-state index contributed by atoms with van der Waals surface area (Å²) >= 11 is 8.41. The lowest BCUT2D eigenvalue weighted by Gasteiger charge is -2.10. The summed E-state index contributed by atoms with van der Waals surface area (Å²) in [6.45, 7) is 1.56. The van der Waals surface area contributed by atoms with Crippen LogP contribution < -0.4 is 10.9 Å². The zero-order chi connectivity index (χ0) is 22.0. The number of aryl methyl sites for hydroxylation is 1. The molecule has 4 rings (SSSR count). The monoisotopic (exact) mass is 545 g/mol. The maximum atomic E-state index is 13.2. The van der Waals surface area contributed by atoms with Crippen molar-refractivity contribution in [1.82, 2.24) is 4.98 Å². The first-order valence-corrected chi connectivity index (χ1v) is 10.8. The van der Waals surface area contributed by atoms with Crippen LogP contribution >= 0.6 is 34.2 Å². The molecule has 0 fully saturated rings. The largest absolute Gasteiger partial charge is 0.436 e. The predicted molar refractivity (Wildman–Crippen MR) is 128 cm³/mol. The van der Waals surface area contributed by atoms with E-state index >= 15 is 0 Å². The number of fused-ring (bicyclic) bond motifs is 1. The van der Waals surface area contributed by atoms with Gasteiger partial charge in [-0.1, -0.05) is 23.7 Å². The summed E-state index contributed by atoms with van der Waals surface area (Å²) in [6.07, 6.45) is 1.57. The van der Waals surface area contributed by atoms with E-state index in [4.69, 9.17) is 16.0 Å². The molecule has 0 aliphatic heterocycles. The van der Waals surface area contributed by atoms with Crippen LogP contribution in [0.3, 0.4) is 0 Å². The number of carbonyl (C=O) groups excluding carboxylic acids is 1. The zero-order valence-corrected chi connectivity index (χ0v) is 19.3. The molecule has 4 aromatic rings. The molecule has 0 bridgehead atoms. The number of carbonyl (C=O) groups is 1. The number of hydrogen-bond donors (Lipinski definition) is 2. The lowest BCUT2D eigenvalue weighted by atomic mass is 10.1. The third-order valence-electron chi connectivity index (χ3n) is 4.65. The number of halogens is 2. The fourth-order valence-electron chi connectivity index (χ4n) is 3.05. The van der Waals surface area contributed by atoms with Crippen LogP contribution in [-0.4, -0.2) is 16.0 Å². The Hall–Kier alpha value is -2.75. The van der Waals surface area contributed by atoms with E-state index in [1.807, 2.05) is 24.3 Å². The number of nitrogens with one attached hydrogen (secondary N) is 1. The van der Waals surface area contributed by atoms with Crippen molar-refractivity contribution in [3.05, 3.63) is 91.8 Å². The first kappa shape index (κ1) is 21.5. The van der Waals surface area contributed by atoms with Crippen LogP contribution in [0, 0.1) is 10.5 Å². The normalized spacial score (nSPS) is 11.7. The van der Waals surface area contributed by atoms with Crippen LogP contribution in [-0.2, 0) is 6.61 Å². The topological polar surface area (TPSA) is 87.7 Å². The number of rotatable bonds is 4. The summed E-state index contributed by atoms with van der Waals surface area (Å²) in [4.78, 5) is 22.0. The molecule has 6 nitrogen and oxygen atoms in total. The van der Waals surface area contributed by atoms with E-state index in [2.05, 4.69) is 37.9 Å². The Kier molecular flexibility index (Phi) is 6.35. The minimum atomic E-state index is -0.429. The molecule has 0 aliphatic rings. The Labute approximate surface area is 196 Å². The molecule has 1 amide bonds. The Morgan fingerprint density at radius 3 is 2.68 bits per heavy atom. The lowest BCUT2D eigenvalue weighted by molar-refractivity contribution is 0.102. The molecule has 2 N–H and O–H groups in total. The van der Waals surface area contributed by atoms with Gasteiger partial charge < -0.3 is 14.8 Å². The summed E-state index contributed by atoms with van der Waals surface area (Å²) in [7, 11) is 0. The molecular formula is C23H17ClIN3O3. The summed E-state index contributed by atoms with van der Waals surface area (Å²) < 4.78 is 7.12. The van der Waals surface area contributed by atoms with Crippen LogP contribution in [0.1, 0.15) is 21.6 Å². The standard InChI is InChI=1S/C23H17ClIN3O3/c1-13-21-17(14(12-29)11-26-13)10-18(22(30)28-20-5-3-2-4-19(20)24)23(31-21)27-16-8-6-15(25)7-9-16/h2-11,29H,12H2,1H3,(H,28,30). The molecule has 0 spiro atoms.